The van der Waals surface area contributed by atoms with E-state index in [1.807, 2.05) is 12.1 Å². The number of nitrogens with one attached hydrogen (secondary N) is 1. The minimum absolute atomic E-state index is 0.0809. The molecule has 7 nitrogen and oxygen atoms in total. The number of hydrogen-bond donors (Lipinski definition) is 1. The zero-order chi connectivity index (χ0) is 31.2. The van der Waals surface area contributed by atoms with Gasteiger partial charge in [-0.25, -0.2) is 8.42 Å². The standard InChI is InChI=1S/C34H43Cl2N3O4S/c1-22(33(41)37-28-5-3-4-6-28)38(20-23-7-12-30(35)31(36)16-23)32(40)21-39(44(2,42)43)29-10-8-27(9-11-29)34-17-24-13-25(18-34)15-26(14-24)19-34/h7-12,16,22,24-26,28H,3-6,13-15,17-21H2,1-2H3,(H,37,41)/t22-,24?,25?,26?,34?/m0/s1. The SMILES string of the molecule is C[C@@H](C(=O)NC1CCCC1)N(Cc1ccc(Cl)c(Cl)c1)C(=O)CN(c1ccc(C23CC4CC(CC(C4)C2)C3)cc1)S(C)(=O)=O. The quantitative estimate of drug-likeness (QED) is 0.307. The van der Waals surface area contributed by atoms with Crippen LogP contribution in [0.3, 0.4) is 0 Å². The van der Waals surface area contributed by atoms with Gasteiger partial charge in [0.2, 0.25) is 21.8 Å². The van der Waals surface area contributed by atoms with Crippen LogP contribution in [0.5, 0.6) is 0 Å². The van der Waals surface area contributed by atoms with E-state index in [9.17, 15) is 18.0 Å². The van der Waals surface area contributed by atoms with E-state index in [1.54, 1.807) is 25.1 Å². The number of carbonyl (C=O) groups excluding carboxylic acids is 2. The van der Waals surface area contributed by atoms with E-state index in [4.69, 9.17) is 23.2 Å². The van der Waals surface area contributed by atoms with Gasteiger partial charge in [0.1, 0.15) is 12.6 Å². The van der Waals surface area contributed by atoms with Gasteiger partial charge in [-0.2, -0.15) is 0 Å². The lowest BCUT2D eigenvalue weighted by molar-refractivity contribution is -0.139. The van der Waals surface area contributed by atoms with Gasteiger partial charge in [-0.3, -0.25) is 13.9 Å². The average Bonchev–Trinajstić information content (AvgIpc) is 3.48. The van der Waals surface area contributed by atoms with Crippen LogP contribution in [-0.4, -0.2) is 50.0 Å². The molecule has 7 rings (SSSR count). The number of anilines is 1. The van der Waals surface area contributed by atoms with Crippen LogP contribution < -0.4 is 9.62 Å². The Labute approximate surface area is 271 Å². The van der Waals surface area contributed by atoms with Crippen molar-refractivity contribution < 1.29 is 18.0 Å². The number of nitrogens with zero attached hydrogens (tertiary/aromatic N) is 2. The third-order valence-corrected chi connectivity index (χ3v) is 12.6. The molecule has 0 saturated heterocycles. The number of carbonyl (C=O) groups is 2. The lowest BCUT2D eigenvalue weighted by atomic mass is 9.48. The molecule has 0 spiro atoms. The first-order valence-corrected chi connectivity index (χ1v) is 18.6. The lowest BCUT2D eigenvalue weighted by Gasteiger charge is -2.57. The van der Waals surface area contributed by atoms with Crippen molar-refractivity contribution in [2.75, 3.05) is 17.1 Å². The molecule has 1 N–H and O–H groups in total. The highest BCUT2D eigenvalue weighted by atomic mass is 35.5. The fourth-order valence-electron chi connectivity index (χ4n) is 8.87. The van der Waals surface area contributed by atoms with Crippen LogP contribution in [0.1, 0.15) is 82.3 Å². The van der Waals surface area contributed by atoms with E-state index in [1.165, 1.54) is 49.0 Å². The predicted octanol–water partition coefficient (Wildman–Crippen LogP) is 6.70. The summed E-state index contributed by atoms with van der Waals surface area (Å²) >= 11 is 12.4. The molecule has 0 heterocycles. The molecule has 5 aliphatic rings. The van der Waals surface area contributed by atoms with Crippen LogP contribution in [0.2, 0.25) is 10.0 Å². The Hall–Kier alpha value is -2.29. The zero-order valence-electron chi connectivity index (χ0n) is 25.6. The minimum atomic E-state index is -3.81. The van der Waals surface area contributed by atoms with Crippen LogP contribution >= 0.6 is 23.2 Å². The van der Waals surface area contributed by atoms with E-state index < -0.39 is 28.5 Å². The summed E-state index contributed by atoms with van der Waals surface area (Å²) in [5.74, 6) is 1.69. The summed E-state index contributed by atoms with van der Waals surface area (Å²) < 4.78 is 27.4. The van der Waals surface area contributed by atoms with Crippen molar-refractivity contribution in [3.8, 4) is 0 Å². The molecule has 5 fully saturated rings. The molecule has 2 amide bonds. The fraction of sp³-hybridized carbons (Fsp3) is 0.588. The second-order valence-electron chi connectivity index (χ2n) is 14.0. The molecule has 5 saturated carbocycles. The topological polar surface area (TPSA) is 86.8 Å². The van der Waals surface area contributed by atoms with Gasteiger partial charge in [0.05, 0.1) is 22.0 Å². The Morgan fingerprint density at radius 1 is 0.932 bits per heavy atom. The number of rotatable bonds is 10. The van der Waals surface area contributed by atoms with Crippen LogP contribution in [0.25, 0.3) is 0 Å². The Kier molecular flexibility index (Phi) is 8.99. The van der Waals surface area contributed by atoms with Crippen LogP contribution in [0.15, 0.2) is 42.5 Å². The smallest absolute Gasteiger partial charge is 0.244 e. The van der Waals surface area contributed by atoms with Crippen molar-refractivity contribution >= 4 is 50.7 Å². The van der Waals surface area contributed by atoms with Crippen LogP contribution in [0.4, 0.5) is 5.69 Å². The number of amides is 2. The maximum absolute atomic E-state index is 14.0. The number of hydrogen-bond acceptors (Lipinski definition) is 4. The molecule has 4 bridgehead atoms. The molecule has 0 radical (unpaired) electrons. The molecule has 5 aliphatic carbocycles. The Morgan fingerprint density at radius 2 is 1.52 bits per heavy atom. The average molecular weight is 661 g/mol. The molecule has 0 aromatic heterocycles. The molecule has 2 aromatic rings. The molecule has 2 aromatic carbocycles. The summed E-state index contributed by atoms with van der Waals surface area (Å²) in [4.78, 5) is 28.8. The third-order valence-electron chi connectivity index (χ3n) is 10.7. The summed E-state index contributed by atoms with van der Waals surface area (Å²) in [5.41, 5.74) is 2.63. The van der Waals surface area contributed by atoms with Crippen molar-refractivity contribution in [2.24, 2.45) is 17.8 Å². The Bertz CT molecular complexity index is 1470. The Morgan fingerprint density at radius 3 is 2.07 bits per heavy atom. The summed E-state index contributed by atoms with van der Waals surface area (Å²) in [5, 5.41) is 3.82. The second-order valence-corrected chi connectivity index (χ2v) is 16.7. The molecule has 0 unspecified atom stereocenters. The van der Waals surface area contributed by atoms with Gasteiger partial charge in [0.15, 0.2) is 0 Å². The number of benzene rings is 2. The van der Waals surface area contributed by atoms with E-state index >= 15 is 0 Å². The first-order chi connectivity index (χ1) is 20.9. The molecular weight excluding hydrogens is 617 g/mol. The van der Waals surface area contributed by atoms with Gasteiger partial charge < -0.3 is 10.2 Å². The highest BCUT2D eigenvalue weighted by Crippen LogP contribution is 2.60. The van der Waals surface area contributed by atoms with Gasteiger partial charge in [-0.15, -0.1) is 0 Å². The summed E-state index contributed by atoms with van der Waals surface area (Å²) in [6, 6.07) is 12.2. The van der Waals surface area contributed by atoms with Gasteiger partial charge in [-0.1, -0.05) is 54.2 Å². The van der Waals surface area contributed by atoms with Gasteiger partial charge in [-0.05, 0) is 117 Å². The van der Waals surface area contributed by atoms with Gasteiger partial charge >= 0.3 is 0 Å². The maximum atomic E-state index is 14.0. The highest BCUT2D eigenvalue weighted by Gasteiger charge is 2.51. The van der Waals surface area contributed by atoms with E-state index in [0.717, 1.165) is 54.0 Å². The van der Waals surface area contributed by atoms with Crippen molar-refractivity contribution in [3.63, 3.8) is 0 Å². The second kappa shape index (κ2) is 12.5. The van der Waals surface area contributed by atoms with Gasteiger partial charge in [0, 0.05) is 12.6 Å². The third kappa shape index (κ3) is 6.63. The summed E-state index contributed by atoms with van der Waals surface area (Å²) in [6.45, 7) is 1.35. The first-order valence-electron chi connectivity index (χ1n) is 16.0. The van der Waals surface area contributed by atoms with E-state index in [0.29, 0.717) is 21.3 Å². The molecule has 238 valence electrons. The highest BCUT2D eigenvalue weighted by molar-refractivity contribution is 7.92. The molecule has 1 atom stereocenters. The van der Waals surface area contributed by atoms with Crippen LogP contribution in [-0.2, 0) is 31.6 Å². The van der Waals surface area contributed by atoms with Crippen molar-refractivity contribution in [3.05, 3.63) is 63.6 Å². The predicted molar refractivity (Wildman–Crippen MR) is 175 cm³/mol. The lowest BCUT2D eigenvalue weighted by Crippen LogP contribution is -2.52. The summed E-state index contributed by atoms with van der Waals surface area (Å²) in [6.07, 6.45) is 12.8. The number of halogens is 2. The normalized spacial score (nSPS) is 26.9. The molecular formula is C34H43Cl2N3O4S. The minimum Gasteiger partial charge on any atom is -0.352 e. The van der Waals surface area contributed by atoms with Crippen molar-refractivity contribution in [2.45, 2.75) is 95.2 Å². The molecule has 10 heteroatoms. The number of sulfonamides is 1. The van der Waals surface area contributed by atoms with E-state index in [2.05, 4.69) is 17.4 Å². The fourth-order valence-corrected chi connectivity index (χ4v) is 10.0. The Balaban J connectivity index is 1.24. The summed E-state index contributed by atoms with van der Waals surface area (Å²) in [7, 11) is -3.81. The first kappa shape index (κ1) is 31.7. The molecule has 0 aliphatic heterocycles. The van der Waals surface area contributed by atoms with E-state index in [-0.39, 0.29) is 23.9 Å². The van der Waals surface area contributed by atoms with Crippen molar-refractivity contribution in [1.82, 2.24) is 10.2 Å². The largest absolute Gasteiger partial charge is 0.352 e. The maximum Gasteiger partial charge on any atom is 0.244 e. The van der Waals surface area contributed by atoms with Crippen LogP contribution in [0, 0.1) is 17.8 Å². The molecule has 44 heavy (non-hydrogen) atoms. The monoisotopic (exact) mass is 659 g/mol. The van der Waals surface area contributed by atoms with Gasteiger partial charge in [0.25, 0.3) is 0 Å². The zero-order valence-corrected chi connectivity index (χ0v) is 27.9. The van der Waals surface area contributed by atoms with Crippen molar-refractivity contribution in [1.29, 1.82) is 0 Å².